The molecule has 17 heavy (non-hydrogen) atoms. The Bertz CT molecular complexity index is 508. The van der Waals surface area contributed by atoms with E-state index in [9.17, 15) is 13.2 Å². The van der Waals surface area contributed by atoms with Gasteiger partial charge in [-0.15, -0.1) is 0 Å². The van der Waals surface area contributed by atoms with Gasteiger partial charge in [0.1, 0.15) is 0 Å². The third-order valence-corrected chi connectivity index (χ3v) is 2.20. The van der Waals surface area contributed by atoms with Gasteiger partial charge in [0.25, 0.3) is 0 Å². The Morgan fingerprint density at radius 3 is 2.59 bits per heavy atom. The van der Waals surface area contributed by atoms with Gasteiger partial charge in [-0.05, 0) is 18.2 Å². The molecule has 0 saturated heterocycles. The highest BCUT2D eigenvalue weighted by atomic mass is 35.5. The molecule has 7 heteroatoms. The summed E-state index contributed by atoms with van der Waals surface area (Å²) in [7, 11) is 0. The third-order valence-electron chi connectivity index (χ3n) is 1.99. The zero-order valence-corrected chi connectivity index (χ0v) is 9.10. The van der Waals surface area contributed by atoms with Gasteiger partial charge < -0.3 is 10.3 Å². The number of hydrogen-bond acceptors (Lipinski definition) is 2. The van der Waals surface area contributed by atoms with Gasteiger partial charge in [-0.25, -0.2) is 4.98 Å². The Kier molecular flexibility index (Phi) is 2.97. The maximum Gasteiger partial charge on any atom is 0.416 e. The van der Waals surface area contributed by atoms with Crippen molar-refractivity contribution in [2.75, 3.05) is 5.32 Å². The summed E-state index contributed by atoms with van der Waals surface area (Å²) in [5.74, 6) is 0.348. The van der Waals surface area contributed by atoms with Gasteiger partial charge in [-0.3, -0.25) is 0 Å². The van der Waals surface area contributed by atoms with Gasteiger partial charge in [0.2, 0.25) is 5.95 Å². The molecule has 0 atom stereocenters. The largest absolute Gasteiger partial charge is 0.416 e. The van der Waals surface area contributed by atoms with E-state index in [2.05, 4.69) is 15.3 Å². The zero-order valence-electron chi connectivity index (χ0n) is 8.35. The predicted molar refractivity (Wildman–Crippen MR) is 58.3 cm³/mol. The molecule has 2 rings (SSSR count). The second-order valence-electron chi connectivity index (χ2n) is 3.29. The molecular weight excluding hydrogens is 255 g/mol. The lowest BCUT2D eigenvalue weighted by atomic mass is 10.2. The number of anilines is 2. The average molecular weight is 262 g/mol. The van der Waals surface area contributed by atoms with Gasteiger partial charge in [0, 0.05) is 23.1 Å². The first-order chi connectivity index (χ1) is 7.95. The van der Waals surface area contributed by atoms with Gasteiger partial charge in [-0.1, -0.05) is 11.6 Å². The van der Waals surface area contributed by atoms with Crippen LogP contribution in [-0.2, 0) is 6.18 Å². The first-order valence-electron chi connectivity index (χ1n) is 4.59. The second-order valence-corrected chi connectivity index (χ2v) is 3.73. The smallest absolute Gasteiger partial charge is 0.331 e. The van der Waals surface area contributed by atoms with Crippen LogP contribution in [0.2, 0.25) is 5.02 Å². The molecule has 0 aliphatic carbocycles. The molecule has 2 aromatic rings. The minimum absolute atomic E-state index is 0.00822. The second kappa shape index (κ2) is 4.29. The molecule has 2 N–H and O–H groups in total. The number of imidazole rings is 1. The quantitative estimate of drug-likeness (QED) is 0.863. The summed E-state index contributed by atoms with van der Waals surface area (Å²) in [5, 5.41) is 2.69. The highest BCUT2D eigenvalue weighted by Crippen LogP contribution is 2.33. The summed E-state index contributed by atoms with van der Waals surface area (Å²) in [6.07, 6.45) is -1.39. The van der Waals surface area contributed by atoms with Crippen molar-refractivity contribution in [3.63, 3.8) is 0 Å². The zero-order chi connectivity index (χ0) is 12.5. The first-order valence-corrected chi connectivity index (χ1v) is 4.97. The Hall–Kier alpha value is -1.69. The summed E-state index contributed by atoms with van der Waals surface area (Å²) in [5.41, 5.74) is -0.584. The van der Waals surface area contributed by atoms with Crippen molar-refractivity contribution in [3.05, 3.63) is 41.2 Å². The lowest BCUT2D eigenvalue weighted by Crippen LogP contribution is -2.05. The van der Waals surface area contributed by atoms with Crippen LogP contribution in [0.3, 0.4) is 0 Å². The summed E-state index contributed by atoms with van der Waals surface area (Å²) >= 11 is 5.63. The number of nitrogens with zero attached hydrogens (tertiary/aromatic N) is 1. The van der Waals surface area contributed by atoms with Crippen LogP contribution in [0.4, 0.5) is 24.8 Å². The predicted octanol–water partition coefficient (Wildman–Crippen LogP) is 3.83. The Balaban J connectivity index is 2.32. The number of aromatic nitrogens is 2. The Labute approximate surface area is 99.6 Å². The van der Waals surface area contributed by atoms with Crippen molar-refractivity contribution in [1.29, 1.82) is 0 Å². The number of rotatable bonds is 2. The van der Waals surface area contributed by atoms with Crippen LogP contribution in [0.1, 0.15) is 5.56 Å². The van der Waals surface area contributed by atoms with Crippen molar-refractivity contribution < 1.29 is 13.2 Å². The topological polar surface area (TPSA) is 40.7 Å². The van der Waals surface area contributed by atoms with E-state index in [4.69, 9.17) is 11.6 Å². The molecule has 0 amide bonds. The molecule has 1 aromatic carbocycles. The average Bonchev–Trinajstić information content (AvgIpc) is 2.68. The summed E-state index contributed by atoms with van der Waals surface area (Å²) in [6, 6.07) is 3.22. The van der Waals surface area contributed by atoms with Crippen molar-refractivity contribution in [2.45, 2.75) is 6.18 Å². The summed E-state index contributed by atoms with van der Waals surface area (Å²) in [4.78, 5) is 6.56. The van der Waals surface area contributed by atoms with E-state index in [-0.39, 0.29) is 10.7 Å². The molecule has 0 unspecified atom stereocenters. The van der Waals surface area contributed by atoms with Crippen molar-refractivity contribution in [1.82, 2.24) is 9.97 Å². The number of nitrogens with one attached hydrogen (secondary N) is 2. The molecule has 0 bridgehead atoms. The number of hydrogen-bond donors (Lipinski definition) is 2. The molecule has 1 aromatic heterocycles. The van der Waals surface area contributed by atoms with E-state index in [0.29, 0.717) is 5.95 Å². The molecule has 0 aliphatic rings. The van der Waals surface area contributed by atoms with Crippen molar-refractivity contribution in [3.8, 4) is 0 Å². The van der Waals surface area contributed by atoms with E-state index in [1.54, 1.807) is 6.20 Å². The van der Waals surface area contributed by atoms with E-state index < -0.39 is 11.7 Å². The van der Waals surface area contributed by atoms with Gasteiger partial charge in [0.15, 0.2) is 0 Å². The fourth-order valence-corrected chi connectivity index (χ4v) is 1.53. The van der Waals surface area contributed by atoms with Crippen LogP contribution in [-0.4, -0.2) is 9.97 Å². The number of alkyl halides is 3. The minimum atomic E-state index is -4.43. The normalized spacial score (nSPS) is 11.5. The van der Waals surface area contributed by atoms with Crippen molar-refractivity contribution >= 4 is 23.2 Å². The first kappa shape index (κ1) is 11.8. The molecule has 3 nitrogen and oxygen atoms in total. The van der Waals surface area contributed by atoms with Crippen LogP contribution in [0, 0.1) is 0 Å². The fraction of sp³-hybridized carbons (Fsp3) is 0.100. The fourth-order valence-electron chi connectivity index (χ4n) is 1.30. The van der Waals surface area contributed by atoms with E-state index >= 15 is 0 Å². The minimum Gasteiger partial charge on any atom is -0.331 e. The van der Waals surface area contributed by atoms with E-state index in [1.807, 2.05) is 0 Å². The highest BCUT2D eigenvalue weighted by molar-refractivity contribution is 6.31. The highest BCUT2D eigenvalue weighted by Gasteiger charge is 2.31. The van der Waals surface area contributed by atoms with Crippen LogP contribution in [0.25, 0.3) is 0 Å². The summed E-state index contributed by atoms with van der Waals surface area (Å²) < 4.78 is 37.6. The van der Waals surface area contributed by atoms with E-state index in [0.717, 1.165) is 12.1 Å². The van der Waals surface area contributed by atoms with Crippen LogP contribution in [0.15, 0.2) is 30.6 Å². The molecule has 0 saturated carbocycles. The van der Waals surface area contributed by atoms with Crippen LogP contribution in [0.5, 0.6) is 0 Å². The Morgan fingerprint density at radius 1 is 1.24 bits per heavy atom. The standard InChI is InChI=1S/C10H7ClF3N3/c11-7-3-6(10(12,13)14)4-8(5-7)17-9-15-1-2-16-9/h1-5H,(H2,15,16,17). The monoisotopic (exact) mass is 261 g/mol. The molecule has 0 spiro atoms. The number of benzene rings is 1. The van der Waals surface area contributed by atoms with Gasteiger partial charge >= 0.3 is 6.18 Å². The van der Waals surface area contributed by atoms with Gasteiger partial charge in [0.05, 0.1) is 5.56 Å². The maximum atomic E-state index is 12.5. The molecule has 0 radical (unpaired) electrons. The maximum absolute atomic E-state index is 12.5. The summed E-state index contributed by atoms with van der Waals surface area (Å²) in [6.45, 7) is 0. The number of aromatic amines is 1. The molecular formula is C10H7ClF3N3. The lowest BCUT2D eigenvalue weighted by Gasteiger charge is -2.10. The molecule has 1 heterocycles. The number of H-pyrrole nitrogens is 1. The van der Waals surface area contributed by atoms with Crippen LogP contribution >= 0.6 is 11.6 Å². The molecule has 90 valence electrons. The Morgan fingerprint density at radius 2 is 2.00 bits per heavy atom. The van der Waals surface area contributed by atoms with Crippen molar-refractivity contribution in [2.24, 2.45) is 0 Å². The molecule has 0 fully saturated rings. The van der Waals surface area contributed by atoms with Gasteiger partial charge in [-0.2, -0.15) is 13.2 Å². The number of halogens is 4. The SMILES string of the molecule is FC(F)(F)c1cc(Cl)cc(Nc2ncc[nH]2)c1. The lowest BCUT2D eigenvalue weighted by molar-refractivity contribution is -0.137. The molecule has 0 aliphatic heterocycles. The third kappa shape index (κ3) is 2.91. The van der Waals surface area contributed by atoms with Crippen LogP contribution < -0.4 is 5.32 Å². The van der Waals surface area contributed by atoms with E-state index in [1.165, 1.54) is 12.3 Å².